The minimum absolute atomic E-state index is 0. The van der Waals surface area contributed by atoms with Crippen molar-refractivity contribution >= 4 is 20.5 Å². The van der Waals surface area contributed by atoms with Gasteiger partial charge in [-0.05, 0) is 0 Å². The van der Waals surface area contributed by atoms with E-state index >= 15 is 0 Å². The predicted octanol–water partition coefficient (Wildman–Crippen LogP) is -0.667. The van der Waals surface area contributed by atoms with Crippen LogP contribution < -0.4 is 0 Å². The van der Waals surface area contributed by atoms with Gasteiger partial charge in [0.2, 0.25) is 0 Å². The zero-order chi connectivity index (χ0) is 4.00. The minimum atomic E-state index is 0. The first-order chi connectivity index (χ1) is 2.00. The normalized spacial score (nSPS) is 2.40. The van der Waals surface area contributed by atoms with E-state index in [1.54, 1.807) is 0 Å². The molecule has 0 aromatic carbocycles. The van der Waals surface area contributed by atoms with Crippen LogP contribution in [-0.4, -0.2) is 20.5 Å². The van der Waals surface area contributed by atoms with Crippen LogP contribution in [0, 0.1) is 0 Å². The van der Waals surface area contributed by atoms with Gasteiger partial charge >= 0.3 is 19.5 Å². The maximum absolute atomic E-state index is 2.03. The molecule has 0 aliphatic carbocycles. The number of rotatable bonds is 0. The average Bonchev–Trinajstić information content (AvgIpc) is 1.50. The summed E-state index contributed by atoms with van der Waals surface area (Å²) in [4.78, 5) is 0. The van der Waals surface area contributed by atoms with E-state index in [4.69, 9.17) is 0 Å². The fraction of sp³-hybridized carbons (Fsp3) is 1.00. The molecule has 5 heavy (non-hydrogen) atoms. The SMILES string of the molecule is C[SiH2-].C[SiH2-].[Zn+2]. The van der Waals surface area contributed by atoms with Gasteiger partial charge in [0.1, 0.15) is 0 Å². The molecule has 0 saturated carbocycles. The molecule has 0 aromatic rings. The summed E-state index contributed by atoms with van der Waals surface area (Å²) < 4.78 is 0. The Kier molecular flexibility index (Phi) is 247. The predicted molar refractivity (Wildman–Crippen MR) is 28.8 cm³/mol. The Labute approximate surface area is 53.3 Å². The average molecular weight is 156 g/mol. The molecule has 0 N–H and O–H groups in total. The van der Waals surface area contributed by atoms with Crippen molar-refractivity contribution < 1.29 is 19.5 Å². The third kappa shape index (κ3) is 42.3. The molecule has 0 unspecified atom stereocenters. The van der Waals surface area contributed by atoms with Gasteiger partial charge in [-0.15, -0.1) is 0 Å². The third-order valence-electron chi connectivity index (χ3n) is 0. The van der Waals surface area contributed by atoms with Crippen LogP contribution in [0.3, 0.4) is 0 Å². The van der Waals surface area contributed by atoms with Gasteiger partial charge in [0, 0.05) is 0 Å². The quantitative estimate of drug-likeness (QED) is 0.408. The second-order valence-corrected chi connectivity index (χ2v) is 0. The summed E-state index contributed by atoms with van der Waals surface area (Å²) >= 11 is 0. The van der Waals surface area contributed by atoms with Gasteiger partial charge in [0.05, 0.1) is 0 Å². The van der Waals surface area contributed by atoms with Crippen molar-refractivity contribution in [1.29, 1.82) is 0 Å². The second kappa shape index (κ2) is 74.5. The van der Waals surface area contributed by atoms with Crippen molar-refractivity contribution in [2.75, 3.05) is 0 Å². The molecule has 0 aromatic heterocycles. The molecule has 0 heterocycles. The smallest absolute Gasteiger partial charge is 0.300 e. The maximum atomic E-state index is 2.03. The van der Waals surface area contributed by atoms with E-state index in [-0.39, 0.29) is 19.5 Å². The summed E-state index contributed by atoms with van der Waals surface area (Å²) in [7, 11) is 3.72. The summed E-state index contributed by atoms with van der Waals surface area (Å²) in [5, 5.41) is 0. The molecule has 0 saturated heterocycles. The Morgan fingerprint density at radius 2 is 0.800 bits per heavy atom. The molecular formula is C2H10Si2Zn. The molecule has 0 atom stereocenters. The molecule has 0 nitrogen and oxygen atoms in total. The van der Waals surface area contributed by atoms with E-state index in [1.165, 1.54) is 0 Å². The van der Waals surface area contributed by atoms with Crippen LogP contribution in [0.15, 0.2) is 0 Å². The maximum Gasteiger partial charge on any atom is 2.00 e. The van der Waals surface area contributed by atoms with Crippen molar-refractivity contribution in [2.45, 2.75) is 13.1 Å². The molecular weight excluding hydrogens is 146 g/mol. The van der Waals surface area contributed by atoms with E-state index < -0.39 is 0 Å². The Balaban J connectivity index is -0.0000000133. The minimum Gasteiger partial charge on any atom is -0.300 e. The molecule has 0 bridgehead atoms. The van der Waals surface area contributed by atoms with Crippen molar-refractivity contribution in [1.82, 2.24) is 0 Å². The van der Waals surface area contributed by atoms with E-state index in [0.29, 0.717) is 0 Å². The Morgan fingerprint density at radius 1 is 0.800 bits per heavy atom. The monoisotopic (exact) mass is 154 g/mol. The zero-order valence-electron chi connectivity index (χ0n) is 4.12. The summed E-state index contributed by atoms with van der Waals surface area (Å²) in [5.74, 6) is 0. The summed E-state index contributed by atoms with van der Waals surface area (Å²) in [6, 6.07) is 0. The molecule has 0 aliphatic rings. The molecule has 0 spiro atoms. The zero-order valence-corrected chi connectivity index (χ0v) is 9.92. The molecule has 0 rings (SSSR count). The van der Waals surface area contributed by atoms with Crippen LogP contribution in [0.1, 0.15) is 0 Å². The van der Waals surface area contributed by atoms with Crippen LogP contribution in [0.2, 0.25) is 13.1 Å². The molecule has 0 amide bonds. The van der Waals surface area contributed by atoms with Crippen molar-refractivity contribution in [3.63, 3.8) is 0 Å². The van der Waals surface area contributed by atoms with Gasteiger partial charge in [-0.2, -0.15) is 13.1 Å². The molecule has 28 valence electrons. The van der Waals surface area contributed by atoms with Crippen LogP contribution in [0.5, 0.6) is 0 Å². The first-order valence-electron chi connectivity index (χ1n) is 1.41. The largest absolute Gasteiger partial charge is 2.00 e. The van der Waals surface area contributed by atoms with Gasteiger partial charge in [-0.3, -0.25) is 0 Å². The molecule has 3 heteroatoms. The van der Waals surface area contributed by atoms with Crippen LogP contribution >= 0.6 is 0 Å². The van der Waals surface area contributed by atoms with Gasteiger partial charge in [0.15, 0.2) is 0 Å². The van der Waals surface area contributed by atoms with E-state index in [9.17, 15) is 0 Å². The first-order valence-corrected chi connectivity index (χ1v) is 4.24. The molecule has 0 aliphatic heterocycles. The van der Waals surface area contributed by atoms with Gasteiger partial charge in [-0.1, -0.05) is 0 Å². The summed E-state index contributed by atoms with van der Waals surface area (Å²) in [6.45, 7) is 4.06. The van der Waals surface area contributed by atoms with Crippen LogP contribution in [0.25, 0.3) is 0 Å². The number of hydrogen-bond donors (Lipinski definition) is 0. The summed E-state index contributed by atoms with van der Waals surface area (Å²) in [5.41, 5.74) is 0. The first kappa shape index (κ1) is 16.6. The van der Waals surface area contributed by atoms with E-state index in [2.05, 4.69) is 0 Å². The summed E-state index contributed by atoms with van der Waals surface area (Å²) in [6.07, 6.45) is 0. The van der Waals surface area contributed by atoms with E-state index in [0.717, 1.165) is 0 Å². The Morgan fingerprint density at radius 3 is 0.800 bits per heavy atom. The van der Waals surface area contributed by atoms with Gasteiger partial charge in [-0.25, -0.2) is 0 Å². The molecule has 0 radical (unpaired) electrons. The van der Waals surface area contributed by atoms with Gasteiger partial charge < -0.3 is 20.5 Å². The second-order valence-electron chi connectivity index (χ2n) is 0. The fourth-order valence-electron chi connectivity index (χ4n) is 0. The van der Waals surface area contributed by atoms with Crippen molar-refractivity contribution in [3.8, 4) is 0 Å². The van der Waals surface area contributed by atoms with Crippen molar-refractivity contribution in [3.05, 3.63) is 0 Å². The third-order valence-corrected chi connectivity index (χ3v) is 0. The Bertz CT molecular complexity index is 7.61. The standard InChI is InChI=1S/2CH5Si.Zn/c2*1-2;/h2*2H2,1H3;/q2*-1;+2. The van der Waals surface area contributed by atoms with Crippen LogP contribution in [-0.2, 0) is 19.5 Å². The van der Waals surface area contributed by atoms with Gasteiger partial charge in [0.25, 0.3) is 0 Å². The van der Waals surface area contributed by atoms with Crippen molar-refractivity contribution in [2.24, 2.45) is 0 Å². The Hall–Kier alpha value is 1.06. The topological polar surface area (TPSA) is 0 Å². The number of hydrogen-bond acceptors (Lipinski definition) is 0. The van der Waals surface area contributed by atoms with Crippen LogP contribution in [0.4, 0.5) is 0 Å². The molecule has 0 fully saturated rings. The van der Waals surface area contributed by atoms with E-state index in [1.807, 2.05) is 33.6 Å². The fourth-order valence-corrected chi connectivity index (χ4v) is 0.